The average Bonchev–Trinajstić information content (AvgIpc) is 3.30. The monoisotopic (exact) mass is 447 g/mol. The van der Waals surface area contributed by atoms with E-state index in [1.165, 1.54) is 16.4 Å². The topological polar surface area (TPSA) is 139 Å². The number of amides is 2. The van der Waals surface area contributed by atoms with Crippen molar-refractivity contribution in [3.8, 4) is 0 Å². The Labute approximate surface area is 180 Å². The van der Waals surface area contributed by atoms with E-state index in [1.54, 1.807) is 23.1 Å². The molecule has 1 aromatic heterocycles. The number of nitrogens with one attached hydrogen (secondary N) is 1. The third kappa shape index (κ3) is 4.34. The summed E-state index contributed by atoms with van der Waals surface area (Å²) in [5.74, 6) is -0.830. The maximum Gasteiger partial charge on any atom is 0.269 e. The molecule has 2 saturated heterocycles. The summed E-state index contributed by atoms with van der Waals surface area (Å²) in [6.45, 7) is 1.93. The molecule has 2 aliphatic rings. The molecule has 2 amide bonds. The largest absolute Gasteiger partial charge is 0.379 e. The van der Waals surface area contributed by atoms with Gasteiger partial charge in [-0.2, -0.15) is 9.40 Å². The van der Waals surface area contributed by atoms with Crippen LogP contribution in [0.25, 0.3) is 0 Å². The molecule has 2 fully saturated rings. The number of aromatic amines is 1. The predicted octanol–water partition coefficient (Wildman–Crippen LogP) is 0.897. The quantitative estimate of drug-likeness (QED) is 0.698. The van der Waals surface area contributed by atoms with Crippen molar-refractivity contribution < 1.29 is 22.7 Å². The van der Waals surface area contributed by atoms with E-state index >= 15 is 0 Å². The highest BCUT2D eigenvalue weighted by Gasteiger charge is 2.31. The van der Waals surface area contributed by atoms with Crippen LogP contribution in [0.2, 0.25) is 0 Å². The minimum atomic E-state index is -3.62. The third-order valence-electron chi connectivity index (χ3n) is 5.68. The van der Waals surface area contributed by atoms with Gasteiger partial charge in [0.05, 0.1) is 29.8 Å². The van der Waals surface area contributed by atoms with E-state index in [-0.39, 0.29) is 22.5 Å². The summed E-state index contributed by atoms with van der Waals surface area (Å²) in [4.78, 5) is 26.5. The van der Waals surface area contributed by atoms with Gasteiger partial charge in [0.25, 0.3) is 11.8 Å². The Morgan fingerprint density at radius 2 is 1.81 bits per heavy atom. The zero-order chi connectivity index (χ0) is 22.0. The van der Waals surface area contributed by atoms with Crippen LogP contribution in [0.5, 0.6) is 0 Å². The van der Waals surface area contributed by atoms with Gasteiger partial charge in [0.15, 0.2) is 0 Å². The average molecular weight is 448 g/mol. The van der Waals surface area contributed by atoms with Gasteiger partial charge in [0.2, 0.25) is 10.0 Å². The van der Waals surface area contributed by atoms with E-state index in [1.807, 2.05) is 0 Å². The minimum absolute atomic E-state index is 0.130. The van der Waals surface area contributed by atoms with Crippen LogP contribution in [0.4, 0.5) is 0 Å². The molecule has 0 aliphatic carbocycles. The molecule has 1 unspecified atom stereocenters. The lowest BCUT2D eigenvalue weighted by molar-refractivity contribution is 0.0606. The number of H-pyrrole nitrogens is 1. The van der Waals surface area contributed by atoms with Gasteiger partial charge in [-0.05, 0) is 49.6 Å². The number of hydrogen-bond donors (Lipinski definition) is 2. The number of sulfonamides is 1. The number of primary amides is 1. The van der Waals surface area contributed by atoms with Gasteiger partial charge < -0.3 is 15.4 Å². The smallest absolute Gasteiger partial charge is 0.269 e. The molecular formula is C20H25N5O5S. The summed E-state index contributed by atoms with van der Waals surface area (Å²) in [5, 5.41) is 6.74. The second kappa shape index (κ2) is 8.77. The molecule has 1 aromatic carbocycles. The number of nitrogens with zero attached hydrogens (tertiary/aromatic N) is 3. The van der Waals surface area contributed by atoms with Crippen molar-refractivity contribution in [1.82, 2.24) is 19.4 Å². The second-order valence-electron chi connectivity index (χ2n) is 7.62. The number of piperidine rings is 1. The molecular weight excluding hydrogens is 422 g/mol. The Bertz CT molecular complexity index is 1060. The lowest BCUT2D eigenvalue weighted by atomic mass is 9.98. The Kier molecular flexibility index (Phi) is 6.08. The number of ether oxygens (including phenoxy) is 1. The molecule has 4 rings (SSSR count). The minimum Gasteiger partial charge on any atom is -0.379 e. The first-order valence-electron chi connectivity index (χ1n) is 10.2. The van der Waals surface area contributed by atoms with Gasteiger partial charge in [-0.25, -0.2) is 8.42 Å². The van der Waals surface area contributed by atoms with Crippen molar-refractivity contribution in [3.63, 3.8) is 0 Å². The lowest BCUT2D eigenvalue weighted by Gasteiger charge is -2.35. The summed E-state index contributed by atoms with van der Waals surface area (Å²) in [6, 6.07) is 7.36. The molecule has 2 aliphatic heterocycles. The number of likely N-dealkylation sites (tertiary alicyclic amines) is 1. The molecule has 1 atom stereocenters. The fraction of sp³-hybridized carbons (Fsp3) is 0.450. The summed E-state index contributed by atoms with van der Waals surface area (Å²) < 4.78 is 32.2. The van der Waals surface area contributed by atoms with Crippen LogP contribution < -0.4 is 5.73 Å². The number of nitrogens with two attached hydrogens (primary N) is 1. The van der Waals surface area contributed by atoms with E-state index in [0.717, 1.165) is 19.3 Å². The molecule has 2 aromatic rings. The molecule has 3 heterocycles. The standard InChI is InChI=1S/C20H25N5O5S/c21-19(26)17-13-16(22-23-17)18-3-1-2-8-25(18)20(27)14-4-6-15(7-5-14)31(28,29)24-9-11-30-12-10-24/h4-7,13,18H,1-3,8-12H2,(H2,21,26)(H,22,23). The summed E-state index contributed by atoms with van der Waals surface area (Å²) >= 11 is 0. The van der Waals surface area contributed by atoms with E-state index in [4.69, 9.17) is 10.5 Å². The summed E-state index contributed by atoms with van der Waals surface area (Å²) in [5.41, 5.74) is 6.48. The van der Waals surface area contributed by atoms with Gasteiger partial charge in [-0.1, -0.05) is 0 Å². The predicted molar refractivity (Wildman–Crippen MR) is 111 cm³/mol. The number of benzene rings is 1. The van der Waals surface area contributed by atoms with Gasteiger partial charge in [0.1, 0.15) is 5.69 Å². The molecule has 3 N–H and O–H groups in total. The van der Waals surface area contributed by atoms with Crippen molar-refractivity contribution in [2.75, 3.05) is 32.8 Å². The molecule has 166 valence electrons. The van der Waals surface area contributed by atoms with Gasteiger partial charge in [-0.15, -0.1) is 0 Å². The molecule has 31 heavy (non-hydrogen) atoms. The van der Waals surface area contributed by atoms with Crippen LogP contribution in [0.3, 0.4) is 0 Å². The van der Waals surface area contributed by atoms with Crippen LogP contribution in [-0.2, 0) is 14.8 Å². The molecule has 11 heteroatoms. The molecule has 0 radical (unpaired) electrons. The Hall–Kier alpha value is -2.76. The van der Waals surface area contributed by atoms with Gasteiger partial charge in [0, 0.05) is 25.2 Å². The molecule has 0 spiro atoms. The van der Waals surface area contributed by atoms with Crippen LogP contribution in [-0.4, -0.2) is 72.5 Å². The maximum absolute atomic E-state index is 13.2. The van der Waals surface area contributed by atoms with Crippen LogP contribution >= 0.6 is 0 Å². The van der Waals surface area contributed by atoms with Crippen molar-refractivity contribution >= 4 is 21.8 Å². The third-order valence-corrected chi connectivity index (χ3v) is 7.59. The van der Waals surface area contributed by atoms with Crippen molar-refractivity contribution in [1.29, 1.82) is 0 Å². The number of morpholine rings is 1. The van der Waals surface area contributed by atoms with E-state index in [9.17, 15) is 18.0 Å². The first-order valence-corrected chi connectivity index (χ1v) is 11.7. The van der Waals surface area contributed by atoms with Crippen LogP contribution in [0, 0.1) is 0 Å². The number of rotatable bonds is 5. The van der Waals surface area contributed by atoms with Crippen molar-refractivity contribution in [2.45, 2.75) is 30.2 Å². The van der Waals surface area contributed by atoms with E-state index in [0.29, 0.717) is 44.1 Å². The SMILES string of the molecule is NC(=O)c1cc(C2CCCCN2C(=O)c2ccc(S(=O)(=O)N3CCOCC3)cc2)[nH]n1. The normalized spacial score (nSPS) is 20.5. The zero-order valence-electron chi connectivity index (χ0n) is 17.0. The van der Waals surface area contributed by atoms with Crippen LogP contribution in [0.15, 0.2) is 35.2 Å². The van der Waals surface area contributed by atoms with E-state index < -0.39 is 15.9 Å². The summed E-state index contributed by atoms with van der Waals surface area (Å²) in [6.07, 6.45) is 2.54. The lowest BCUT2D eigenvalue weighted by Crippen LogP contribution is -2.40. The fourth-order valence-electron chi connectivity index (χ4n) is 4.00. The Morgan fingerprint density at radius 3 is 2.45 bits per heavy atom. The van der Waals surface area contributed by atoms with E-state index in [2.05, 4.69) is 10.2 Å². The van der Waals surface area contributed by atoms with Gasteiger partial charge >= 0.3 is 0 Å². The number of carbonyl (C=O) groups excluding carboxylic acids is 2. The van der Waals surface area contributed by atoms with Crippen molar-refractivity contribution in [3.05, 3.63) is 47.3 Å². The highest BCUT2D eigenvalue weighted by atomic mass is 32.2. The highest BCUT2D eigenvalue weighted by Crippen LogP contribution is 2.31. The molecule has 0 bridgehead atoms. The first-order chi connectivity index (χ1) is 14.9. The number of carbonyl (C=O) groups is 2. The highest BCUT2D eigenvalue weighted by molar-refractivity contribution is 7.89. The van der Waals surface area contributed by atoms with Crippen molar-refractivity contribution in [2.24, 2.45) is 5.73 Å². The maximum atomic E-state index is 13.2. The Morgan fingerprint density at radius 1 is 1.10 bits per heavy atom. The number of hydrogen-bond acceptors (Lipinski definition) is 6. The van der Waals surface area contributed by atoms with Crippen LogP contribution in [0.1, 0.15) is 51.8 Å². The fourth-order valence-corrected chi connectivity index (χ4v) is 5.41. The number of aromatic nitrogens is 2. The molecule has 0 saturated carbocycles. The second-order valence-corrected chi connectivity index (χ2v) is 9.56. The molecule has 10 nitrogen and oxygen atoms in total. The first kappa shape index (κ1) is 21.5. The Balaban J connectivity index is 1.54. The van der Waals surface area contributed by atoms with Gasteiger partial charge in [-0.3, -0.25) is 14.7 Å². The summed E-state index contributed by atoms with van der Waals surface area (Å²) in [7, 11) is -3.62. The zero-order valence-corrected chi connectivity index (χ0v) is 17.8.